The molecule has 0 atom stereocenters. The second-order valence-electron chi connectivity index (χ2n) is 4.89. The molecule has 106 valence electrons. The Morgan fingerprint density at radius 3 is 2.26 bits per heavy atom. The Hall–Kier alpha value is -1.03. The highest BCUT2D eigenvalue weighted by molar-refractivity contribution is 9.10. The van der Waals surface area contributed by atoms with Gasteiger partial charge in [-0.05, 0) is 43.9 Å². The number of nitrogens with zero attached hydrogens (tertiary/aromatic N) is 1. The van der Waals surface area contributed by atoms with Crippen molar-refractivity contribution in [3.05, 3.63) is 26.7 Å². The maximum Gasteiger partial charge on any atom is 0.219 e. The largest absolute Gasteiger partial charge is 0.496 e. The summed E-state index contributed by atoms with van der Waals surface area (Å²) in [5, 5.41) is 0. The van der Waals surface area contributed by atoms with Gasteiger partial charge in [0, 0.05) is 30.6 Å². The first-order chi connectivity index (χ1) is 8.81. The number of rotatable bonds is 4. The van der Waals surface area contributed by atoms with Crippen molar-refractivity contribution in [2.24, 2.45) is 0 Å². The Bertz CT molecular complexity index is 498. The van der Waals surface area contributed by atoms with Crippen LogP contribution in [0.25, 0.3) is 0 Å². The van der Waals surface area contributed by atoms with Crippen LogP contribution in [0.1, 0.15) is 29.2 Å². The van der Waals surface area contributed by atoms with E-state index in [-0.39, 0.29) is 5.91 Å². The second-order valence-corrected chi connectivity index (χ2v) is 5.68. The first-order valence-corrected chi connectivity index (χ1v) is 7.14. The Balaban J connectivity index is 3.16. The molecule has 0 bridgehead atoms. The van der Waals surface area contributed by atoms with E-state index in [0.29, 0.717) is 6.54 Å². The van der Waals surface area contributed by atoms with E-state index in [1.807, 2.05) is 7.05 Å². The van der Waals surface area contributed by atoms with E-state index in [2.05, 4.69) is 36.7 Å². The number of carbonyl (C=O) groups is 1. The molecule has 0 aliphatic rings. The van der Waals surface area contributed by atoms with Gasteiger partial charge in [0.15, 0.2) is 0 Å². The summed E-state index contributed by atoms with van der Waals surface area (Å²) in [5.74, 6) is 1.02. The molecule has 1 aromatic carbocycles. The van der Waals surface area contributed by atoms with Crippen molar-refractivity contribution >= 4 is 21.8 Å². The van der Waals surface area contributed by atoms with E-state index in [0.717, 1.165) is 22.2 Å². The number of hydrogen-bond acceptors (Lipinski definition) is 2. The molecule has 0 aliphatic heterocycles. The molecule has 3 nitrogen and oxygen atoms in total. The summed E-state index contributed by atoms with van der Waals surface area (Å²) < 4.78 is 6.69. The number of likely N-dealkylation sites (N-methyl/N-ethyl adjacent to an activating group) is 1. The van der Waals surface area contributed by atoms with Gasteiger partial charge in [-0.25, -0.2) is 0 Å². The Labute approximate surface area is 124 Å². The lowest BCUT2D eigenvalue weighted by molar-refractivity contribution is -0.127. The number of halogens is 1. The summed E-state index contributed by atoms with van der Waals surface area (Å²) in [4.78, 5) is 13.0. The van der Waals surface area contributed by atoms with Crippen LogP contribution in [0.5, 0.6) is 5.75 Å². The molecule has 1 amide bonds. The van der Waals surface area contributed by atoms with Gasteiger partial charge in [-0.3, -0.25) is 4.79 Å². The molecule has 19 heavy (non-hydrogen) atoms. The Morgan fingerprint density at radius 2 is 1.79 bits per heavy atom. The summed E-state index contributed by atoms with van der Waals surface area (Å²) in [7, 11) is 3.52. The molecule has 1 rings (SSSR count). The monoisotopic (exact) mass is 327 g/mol. The van der Waals surface area contributed by atoms with Gasteiger partial charge in [0.05, 0.1) is 7.11 Å². The fourth-order valence-electron chi connectivity index (χ4n) is 2.16. The maximum absolute atomic E-state index is 11.3. The zero-order valence-corrected chi connectivity index (χ0v) is 14.1. The van der Waals surface area contributed by atoms with Crippen molar-refractivity contribution in [2.75, 3.05) is 20.7 Å². The normalized spacial score (nSPS) is 10.5. The standard InChI is InChI=1S/C15H22BrNO2/c1-9-10(2)15(19-6)13(11(3)14(9)16)7-8-17(5)12(4)18/h7-8H2,1-6H3. The fraction of sp³-hybridized carbons (Fsp3) is 0.533. The van der Waals surface area contributed by atoms with E-state index >= 15 is 0 Å². The number of methoxy groups -OCH3 is 1. The third kappa shape index (κ3) is 3.30. The highest BCUT2D eigenvalue weighted by Gasteiger charge is 2.17. The molecule has 0 fully saturated rings. The lowest BCUT2D eigenvalue weighted by Gasteiger charge is -2.21. The topological polar surface area (TPSA) is 29.5 Å². The van der Waals surface area contributed by atoms with E-state index in [4.69, 9.17) is 4.74 Å². The van der Waals surface area contributed by atoms with Gasteiger partial charge in [-0.15, -0.1) is 0 Å². The zero-order valence-electron chi connectivity index (χ0n) is 12.6. The van der Waals surface area contributed by atoms with Crippen LogP contribution in [-0.2, 0) is 11.2 Å². The van der Waals surface area contributed by atoms with Gasteiger partial charge in [-0.1, -0.05) is 15.9 Å². The summed E-state index contributed by atoms with van der Waals surface area (Å²) in [6.07, 6.45) is 0.796. The van der Waals surface area contributed by atoms with Crippen LogP contribution in [0, 0.1) is 20.8 Å². The molecule has 0 aromatic heterocycles. The van der Waals surface area contributed by atoms with Crippen molar-refractivity contribution in [3.8, 4) is 5.75 Å². The van der Waals surface area contributed by atoms with Gasteiger partial charge in [0.2, 0.25) is 5.91 Å². The summed E-state index contributed by atoms with van der Waals surface area (Å²) in [5.41, 5.74) is 4.72. The predicted molar refractivity (Wildman–Crippen MR) is 81.9 cm³/mol. The molecule has 0 unspecified atom stereocenters. The van der Waals surface area contributed by atoms with Gasteiger partial charge < -0.3 is 9.64 Å². The Morgan fingerprint density at radius 1 is 1.21 bits per heavy atom. The first-order valence-electron chi connectivity index (χ1n) is 6.35. The number of amides is 1. The minimum atomic E-state index is 0.0829. The van der Waals surface area contributed by atoms with Crippen LogP contribution in [0.2, 0.25) is 0 Å². The zero-order chi connectivity index (χ0) is 14.7. The van der Waals surface area contributed by atoms with Crippen molar-refractivity contribution < 1.29 is 9.53 Å². The molecular formula is C15H22BrNO2. The van der Waals surface area contributed by atoms with E-state index in [9.17, 15) is 4.79 Å². The summed E-state index contributed by atoms with van der Waals surface area (Å²) in [6.45, 7) is 8.51. The average Bonchev–Trinajstić information content (AvgIpc) is 2.38. The number of hydrogen-bond donors (Lipinski definition) is 0. The number of ether oxygens (including phenoxy) is 1. The number of carbonyl (C=O) groups excluding carboxylic acids is 1. The van der Waals surface area contributed by atoms with E-state index in [1.165, 1.54) is 16.7 Å². The molecule has 0 spiro atoms. The van der Waals surface area contributed by atoms with Crippen molar-refractivity contribution in [1.82, 2.24) is 4.90 Å². The molecule has 0 aliphatic carbocycles. The molecule has 0 saturated heterocycles. The highest BCUT2D eigenvalue weighted by atomic mass is 79.9. The lowest BCUT2D eigenvalue weighted by atomic mass is 9.96. The molecule has 0 radical (unpaired) electrons. The molecule has 0 saturated carbocycles. The van der Waals surface area contributed by atoms with Gasteiger partial charge >= 0.3 is 0 Å². The average molecular weight is 328 g/mol. The van der Waals surface area contributed by atoms with Crippen LogP contribution in [0.3, 0.4) is 0 Å². The molecule has 4 heteroatoms. The summed E-state index contributed by atoms with van der Waals surface area (Å²) >= 11 is 3.64. The van der Waals surface area contributed by atoms with E-state index < -0.39 is 0 Å². The van der Waals surface area contributed by atoms with Crippen LogP contribution in [-0.4, -0.2) is 31.5 Å². The summed E-state index contributed by atoms with van der Waals surface area (Å²) in [6, 6.07) is 0. The van der Waals surface area contributed by atoms with Crippen LogP contribution in [0.15, 0.2) is 4.47 Å². The van der Waals surface area contributed by atoms with Crippen molar-refractivity contribution in [2.45, 2.75) is 34.1 Å². The quantitative estimate of drug-likeness (QED) is 0.848. The van der Waals surface area contributed by atoms with Crippen LogP contribution >= 0.6 is 15.9 Å². The van der Waals surface area contributed by atoms with E-state index in [1.54, 1.807) is 18.9 Å². The number of benzene rings is 1. The van der Waals surface area contributed by atoms with Crippen molar-refractivity contribution in [3.63, 3.8) is 0 Å². The predicted octanol–water partition coefficient (Wildman–Crippen LogP) is 3.40. The molecule has 1 aromatic rings. The van der Waals surface area contributed by atoms with Gasteiger partial charge in [0.1, 0.15) is 5.75 Å². The lowest BCUT2D eigenvalue weighted by Crippen LogP contribution is -2.26. The third-order valence-electron chi connectivity index (χ3n) is 3.73. The minimum Gasteiger partial charge on any atom is -0.496 e. The molecule has 0 heterocycles. The van der Waals surface area contributed by atoms with Crippen LogP contribution < -0.4 is 4.74 Å². The first kappa shape index (κ1) is 16.0. The fourth-order valence-corrected chi connectivity index (χ4v) is 2.70. The SMILES string of the molecule is COc1c(C)c(C)c(Br)c(C)c1CCN(C)C(C)=O. The van der Waals surface area contributed by atoms with Gasteiger partial charge in [-0.2, -0.15) is 0 Å². The molecular weight excluding hydrogens is 306 g/mol. The Kier molecular flexibility index (Phi) is 5.41. The second kappa shape index (κ2) is 6.42. The maximum atomic E-state index is 11.3. The van der Waals surface area contributed by atoms with Gasteiger partial charge in [0.25, 0.3) is 0 Å². The van der Waals surface area contributed by atoms with Crippen LogP contribution in [0.4, 0.5) is 0 Å². The smallest absolute Gasteiger partial charge is 0.219 e. The third-order valence-corrected chi connectivity index (χ3v) is 4.92. The highest BCUT2D eigenvalue weighted by Crippen LogP contribution is 2.36. The minimum absolute atomic E-state index is 0.0829. The molecule has 0 N–H and O–H groups in total. The van der Waals surface area contributed by atoms with Crippen molar-refractivity contribution in [1.29, 1.82) is 0 Å².